The molecule has 0 amide bonds. The van der Waals surface area contributed by atoms with E-state index in [0.717, 1.165) is 12.8 Å². The van der Waals surface area contributed by atoms with Crippen LogP contribution in [0.25, 0.3) is 0 Å². The van der Waals surface area contributed by atoms with Crippen molar-refractivity contribution < 1.29 is 9.53 Å². The van der Waals surface area contributed by atoms with Crippen LogP contribution in [-0.2, 0) is 9.53 Å². The fourth-order valence-electron chi connectivity index (χ4n) is 6.57. The average molecular weight is 338 g/mol. The Hall–Kier alpha value is -1.57. The van der Waals surface area contributed by atoms with Gasteiger partial charge in [-0.2, -0.15) is 0 Å². The minimum atomic E-state index is 0.00194. The molecule has 0 bridgehead atoms. The first kappa shape index (κ1) is 16.9. The first-order valence-electron chi connectivity index (χ1n) is 9.85. The fraction of sp³-hybridized carbons (Fsp3) is 0.609. The zero-order valence-corrected chi connectivity index (χ0v) is 15.5. The molecule has 0 aromatic rings. The lowest BCUT2D eigenvalue weighted by atomic mass is 9.49. The van der Waals surface area contributed by atoms with Crippen molar-refractivity contribution in [3.8, 4) is 0 Å². The second-order valence-corrected chi connectivity index (χ2v) is 8.87. The molecule has 0 heterocycles. The predicted octanol–water partition coefficient (Wildman–Crippen LogP) is 5.24. The van der Waals surface area contributed by atoms with Gasteiger partial charge in [0.15, 0.2) is 0 Å². The van der Waals surface area contributed by atoms with Crippen molar-refractivity contribution in [2.75, 3.05) is 6.61 Å². The largest absolute Gasteiger partial charge is 0.461 e. The van der Waals surface area contributed by atoms with Crippen LogP contribution in [-0.4, -0.2) is 12.6 Å². The minimum absolute atomic E-state index is 0.00194. The molecule has 0 spiro atoms. The van der Waals surface area contributed by atoms with Crippen LogP contribution in [0.5, 0.6) is 0 Å². The lowest BCUT2D eigenvalue weighted by molar-refractivity contribution is -0.153. The molecule has 0 unspecified atom stereocenters. The van der Waals surface area contributed by atoms with E-state index in [1.54, 1.807) is 6.08 Å². The van der Waals surface area contributed by atoms with Crippen molar-refractivity contribution >= 4 is 5.97 Å². The molecule has 0 saturated heterocycles. The van der Waals surface area contributed by atoms with Gasteiger partial charge in [-0.15, -0.1) is 0 Å². The van der Waals surface area contributed by atoms with E-state index in [1.807, 2.05) is 0 Å². The van der Waals surface area contributed by atoms with Gasteiger partial charge < -0.3 is 4.74 Å². The van der Waals surface area contributed by atoms with Gasteiger partial charge in [0.1, 0.15) is 6.61 Å². The Balaban J connectivity index is 1.61. The molecule has 2 saturated carbocycles. The van der Waals surface area contributed by atoms with Crippen molar-refractivity contribution in [1.29, 1.82) is 0 Å². The van der Waals surface area contributed by atoms with Crippen LogP contribution in [0.4, 0.5) is 0 Å². The maximum Gasteiger partial charge on any atom is 0.309 e. The lowest BCUT2D eigenvalue weighted by Crippen LogP contribution is -2.49. The SMILES string of the molecule is C=CCOC(=O)[C@H]1CC[C@H]2[C@@H]3CC=C4C=CC=C[C@]4(C)[C@H]3CC[C@]12C. The topological polar surface area (TPSA) is 26.3 Å². The minimum Gasteiger partial charge on any atom is -0.461 e. The molecule has 4 aliphatic carbocycles. The molecule has 6 atom stereocenters. The average Bonchev–Trinajstić information content (AvgIpc) is 2.96. The van der Waals surface area contributed by atoms with E-state index in [9.17, 15) is 4.79 Å². The Morgan fingerprint density at radius 1 is 1.28 bits per heavy atom. The van der Waals surface area contributed by atoms with Crippen LogP contribution < -0.4 is 0 Å². The Morgan fingerprint density at radius 3 is 2.92 bits per heavy atom. The summed E-state index contributed by atoms with van der Waals surface area (Å²) in [6.45, 7) is 8.78. The van der Waals surface area contributed by atoms with E-state index in [0.29, 0.717) is 24.4 Å². The third-order valence-electron chi connectivity index (χ3n) is 7.90. The van der Waals surface area contributed by atoms with Crippen molar-refractivity contribution in [2.24, 2.45) is 34.5 Å². The Morgan fingerprint density at radius 2 is 2.12 bits per heavy atom. The number of carbonyl (C=O) groups excluding carboxylic acids is 1. The summed E-state index contributed by atoms with van der Waals surface area (Å²) in [6, 6.07) is 0. The van der Waals surface area contributed by atoms with Crippen LogP contribution >= 0.6 is 0 Å². The Kier molecular flexibility index (Phi) is 4.05. The summed E-state index contributed by atoms with van der Waals surface area (Å²) < 4.78 is 5.44. The fourth-order valence-corrected chi connectivity index (χ4v) is 6.57. The highest BCUT2D eigenvalue weighted by molar-refractivity contribution is 5.74. The normalized spacial score (nSPS) is 44.3. The Bertz CT molecular complexity index is 670. The maximum atomic E-state index is 12.6. The van der Waals surface area contributed by atoms with Crippen LogP contribution in [0.1, 0.15) is 46.0 Å². The van der Waals surface area contributed by atoms with Gasteiger partial charge in [-0.1, -0.05) is 56.9 Å². The summed E-state index contributed by atoms with van der Waals surface area (Å²) in [5.74, 6) is 2.11. The lowest BCUT2D eigenvalue weighted by Gasteiger charge is -2.55. The second-order valence-electron chi connectivity index (χ2n) is 8.87. The molecular weight excluding hydrogens is 308 g/mol. The van der Waals surface area contributed by atoms with Crippen molar-refractivity contribution in [3.63, 3.8) is 0 Å². The summed E-state index contributed by atoms with van der Waals surface area (Å²) >= 11 is 0. The highest BCUT2D eigenvalue weighted by atomic mass is 16.5. The summed E-state index contributed by atoms with van der Waals surface area (Å²) in [5, 5.41) is 0. The van der Waals surface area contributed by atoms with Crippen molar-refractivity contribution in [2.45, 2.75) is 46.0 Å². The van der Waals surface area contributed by atoms with Gasteiger partial charge in [0, 0.05) is 5.41 Å². The molecule has 0 N–H and O–H groups in total. The zero-order chi connectivity index (χ0) is 17.7. The van der Waals surface area contributed by atoms with Gasteiger partial charge >= 0.3 is 5.97 Å². The van der Waals surface area contributed by atoms with Gasteiger partial charge in [-0.25, -0.2) is 0 Å². The molecule has 0 aromatic carbocycles. The molecule has 2 heteroatoms. The van der Waals surface area contributed by atoms with E-state index in [1.165, 1.54) is 24.8 Å². The number of rotatable bonds is 3. The molecule has 134 valence electrons. The molecule has 0 aliphatic heterocycles. The van der Waals surface area contributed by atoms with Crippen molar-refractivity contribution in [3.05, 3.63) is 48.6 Å². The first-order chi connectivity index (χ1) is 12.0. The third kappa shape index (κ3) is 2.40. The Labute approximate surface area is 151 Å². The van der Waals surface area contributed by atoms with E-state index >= 15 is 0 Å². The summed E-state index contributed by atoms with van der Waals surface area (Å²) in [4.78, 5) is 12.6. The smallest absolute Gasteiger partial charge is 0.309 e. The molecule has 4 rings (SSSR count). The molecule has 4 aliphatic rings. The molecular formula is C23H30O2. The summed E-state index contributed by atoms with van der Waals surface area (Å²) in [6.07, 6.45) is 18.9. The molecule has 25 heavy (non-hydrogen) atoms. The van der Waals surface area contributed by atoms with Crippen LogP contribution in [0.15, 0.2) is 48.6 Å². The van der Waals surface area contributed by atoms with Crippen LogP contribution in [0, 0.1) is 34.5 Å². The highest BCUT2D eigenvalue weighted by Gasteiger charge is 2.59. The van der Waals surface area contributed by atoms with Crippen molar-refractivity contribution in [1.82, 2.24) is 0 Å². The molecule has 0 radical (unpaired) electrons. The number of allylic oxidation sites excluding steroid dienone is 6. The summed E-state index contributed by atoms with van der Waals surface area (Å²) in [7, 11) is 0. The highest BCUT2D eigenvalue weighted by Crippen LogP contribution is 2.65. The number of fused-ring (bicyclic) bond motifs is 5. The van der Waals surface area contributed by atoms with Gasteiger partial charge in [0.2, 0.25) is 0 Å². The number of ether oxygens (including phenoxy) is 1. The van der Waals surface area contributed by atoms with Crippen LogP contribution in [0.2, 0.25) is 0 Å². The van der Waals surface area contributed by atoms with E-state index in [4.69, 9.17) is 4.74 Å². The number of esters is 1. The zero-order valence-electron chi connectivity index (χ0n) is 15.5. The van der Waals surface area contributed by atoms with E-state index in [-0.39, 0.29) is 22.7 Å². The molecule has 2 fully saturated rings. The first-order valence-corrected chi connectivity index (χ1v) is 9.85. The third-order valence-corrected chi connectivity index (χ3v) is 7.90. The number of hydrogen-bond acceptors (Lipinski definition) is 2. The maximum absolute atomic E-state index is 12.6. The quantitative estimate of drug-likeness (QED) is 0.520. The standard InChI is InChI=1S/C23H30O2/c1-4-15-25-21(24)20-11-10-18-17-9-8-16-7-5-6-13-22(16,2)19(17)12-14-23(18,20)3/h4-8,13,17-20H,1,9-12,14-15H2,2-3H3/t17-,18-,19-,20+,22-,23-/m0/s1. The van der Waals surface area contributed by atoms with Gasteiger partial charge in [-0.05, 0) is 60.8 Å². The van der Waals surface area contributed by atoms with Gasteiger partial charge in [0.05, 0.1) is 5.92 Å². The van der Waals surface area contributed by atoms with E-state index in [2.05, 4.69) is 50.8 Å². The number of hydrogen-bond donors (Lipinski definition) is 0. The van der Waals surface area contributed by atoms with Crippen LogP contribution in [0.3, 0.4) is 0 Å². The van der Waals surface area contributed by atoms with Gasteiger partial charge in [-0.3, -0.25) is 4.79 Å². The molecule has 2 nitrogen and oxygen atoms in total. The predicted molar refractivity (Wildman–Crippen MR) is 101 cm³/mol. The number of carbonyl (C=O) groups is 1. The molecule has 0 aromatic heterocycles. The monoisotopic (exact) mass is 338 g/mol. The summed E-state index contributed by atoms with van der Waals surface area (Å²) in [5.41, 5.74) is 1.79. The van der Waals surface area contributed by atoms with Gasteiger partial charge in [0.25, 0.3) is 0 Å². The second kappa shape index (κ2) is 6.00. The van der Waals surface area contributed by atoms with E-state index < -0.39 is 0 Å².